The number of allylic oxidation sites excluding steroid dienone is 8. The van der Waals surface area contributed by atoms with E-state index in [1.807, 2.05) is 0 Å². The second kappa shape index (κ2) is 69.9. The summed E-state index contributed by atoms with van der Waals surface area (Å²) in [5.74, 6) is -0.851. The first-order valence-corrected chi connectivity index (χ1v) is 36.1. The smallest absolute Gasteiger partial charge is 0.306 e. The zero-order chi connectivity index (χ0) is 58.5. The number of esters is 3. The van der Waals surface area contributed by atoms with Crippen LogP contribution in [0.3, 0.4) is 0 Å². The molecule has 0 spiro atoms. The van der Waals surface area contributed by atoms with Gasteiger partial charge in [-0.15, -0.1) is 0 Å². The summed E-state index contributed by atoms with van der Waals surface area (Å²) < 4.78 is 17.0. The molecular weight excluding hydrogens is 997 g/mol. The van der Waals surface area contributed by atoms with Crippen molar-refractivity contribution < 1.29 is 28.6 Å². The number of ether oxygens (including phenoxy) is 3. The Bertz CT molecular complexity index is 1400. The molecule has 0 bridgehead atoms. The minimum Gasteiger partial charge on any atom is -0.462 e. The summed E-state index contributed by atoms with van der Waals surface area (Å²) in [7, 11) is 0. The molecule has 81 heavy (non-hydrogen) atoms. The fourth-order valence-electron chi connectivity index (χ4n) is 10.8. The van der Waals surface area contributed by atoms with E-state index in [0.29, 0.717) is 19.3 Å². The van der Waals surface area contributed by atoms with E-state index in [1.165, 1.54) is 289 Å². The molecule has 0 aromatic rings. The fourth-order valence-corrected chi connectivity index (χ4v) is 10.8. The van der Waals surface area contributed by atoms with E-state index in [4.69, 9.17) is 14.2 Å². The highest BCUT2D eigenvalue weighted by Crippen LogP contribution is 2.18. The summed E-state index contributed by atoms with van der Waals surface area (Å²) in [5.41, 5.74) is 0. The minimum atomic E-state index is -0.777. The predicted molar refractivity (Wildman–Crippen MR) is 353 cm³/mol. The van der Waals surface area contributed by atoms with Gasteiger partial charge < -0.3 is 14.2 Å². The van der Waals surface area contributed by atoms with E-state index in [9.17, 15) is 14.4 Å². The van der Waals surface area contributed by atoms with Crippen LogP contribution < -0.4 is 0 Å². The lowest BCUT2D eigenvalue weighted by Crippen LogP contribution is -2.30. The Labute approximate surface area is 505 Å². The van der Waals surface area contributed by atoms with E-state index in [-0.39, 0.29) is 31.1 Å². The van der Waals surface area contributed by atoms with Crippen molar-refractivity contribution >= 4 is 17.9 Å². The van der Waals surface area contributed by atoms with Crippen LogP contribution in [-0.2, 0) is 28.6 Å². The van der Waals surface area contributed by atoms with E-state index >= 15 is 0 Å². The molecule has 0 aliphatic rings. The van der Waals surface area contributed by atoms with Crippen molar-refractivity contribution in [2.24, 2.45) is 0 Å². The van der Waals surface area contributed by atoms with Crippen molar-refractivity contribution in [3.05, 3.63) is 48.6 Å². The Morgan fingerprint density at radius 2 is 0.444 bits per heavy atom. The topological polar surface area (TPSA) is 78.9 Å². The largest absolute Gasteiger partial charge is 0.462 e. The van der Waals surface area contributed by atoms with E-state index in [2.05, 4.69) is 69.4 Å². The van der Waals surface area contributed by atoms with Gasteiger partial charge in [0.15, 0.2) is 6.10 Å². The van der Waals surface area contributed by atoms with Crippen molar-refractivity contribution in [2.75, 3.05) is 13.2 Å². The molecule has 0 aromatic heterocycles. The summed E-state index contributed by atoms with van der Waals surface area (Å²) in [5, 5.41) is 0. The molecule has 0 amide bonds. The molecule has 0 rings (SSSR count). The maximum absolute atomic E-state index is 13.0. The van der Waals surface area contributed by atoms with Gasteiger partial charge in [-0.05, 0) is 103 Å². The SMILES string of the molecule is CCCCCCC/C=C\C/C=C\CCCCCCCCCCCCCC(=O)OCC(COC(=O)CCCCCCCCCCC/C=C\CCCCCCCC)OC(=O)CCCCCCCCCCC/C=C\CCCCCCCCCC. The molecular formula is C75H138O6. The number of hydrogen-bond donors (Lipinski definition) is 0. The molecule has 0 saturated carbocycles. The lowest BCUT2D eigenvalue weighted by Gasteiger charge is -2.18. The van der Waals surface area contributed by atoms with Crippen molar-refractivity contribution in [1.82, 2.24) is 0 Å². The lowest BCUT2D eigenvalue weighted by molar-refractivity contribution is -0.167. The number of carbonyl (C=O) groups excluding carboxylic acids is 3. The zero-order valence-electron chi connectivity index (χ0n) is 54.6. The van der Waals surface area contributed by atoms with E-state index in [0.717, 1.165) is 64.2 Å². The van der Waals surface area contributed by atoms with Gasteiger partial charge in [0.05, 0.1) is 0 Å². The first-order chi connectivity index (χ1) is 40.0. The summed E-state index contributed by atoms with van der Waals surface area (Å²) in [4.78, 5) is 38.5. The maximum Gasteiger partial charge on any atom is 0.306 e. The lowest BCUT2D eigenvalue weighted by atomic mass is 10.0. The molecule has 0 radical (unpaired) electrons. The van der Waals surface area contributed by atoms with Gasteiger partial charge in [0, 0.05) is 19.3 Å². The first kappa shape index (κ1) is 78.4. The Morgan fingerprint density at radius 1 is 0.247 bits per heavy atom. The molecule has 6 nitrogen and oxygen atoms in total. The van der Waals surface area contributed by atoms with Gasteiger partial charge in [-0.1, -0.05) is 320 Å². The quantitative estimate of drug-likeness (QED) is 0.0261. The molecule has 0 aromatic carbocycles. The van der Waals surface area contributed by atoms with Crippen LogP contribution in [0.4, 0.5) is 0 Å². The molecule has 0 N–H and O–H groups in total. The second-order valence-corrected chi connectivity index (χ2v) is 24.5. The van der Waals surface area contributed by atoms with Gasteiger partial charge in [0.25, 0.3) is 0 Å². The second-order valence-electron chi connectivity index (χ2n) is 24.5. The van der Waals surface area contributed by atoms with Crippen molar-refractivity contribution in [2.45, 2.75) is 399 Å². The highest BCUT2D eigenvalue weighted by molar-refractivity contribution is 5.71. The summed E-state index contributed by atoms with van der Waals surface area (Å²) in [6.45, 7) is 6.69. The van der Waals surface area contributed by atoms with Crippen LogP contribution in [0.1, 0.15) is 393 Å². The fraction of sp³-hybridized carbons (Fsp3) is 0.853. The summed E-state index contributed by atoms with van der Waals surface area (Å²) >= 11 is 0. The number of rotatable bonds is 67. The number of unbranched alkanes of at least 4 members (excludes halogenated alkanes) is 48. The maximum atomic E-state index is 13.0. The monoisotopic (exact) mass is 1140 g/mol. The van der Waals surface area contributed by atoms with Crippen molar-refractivity contribution in [1.29, 1.82) is 0 Å². The predicted octanol–water partition coefficient (Wildman–Crippen LogP) is 24.9. The van der Waals surface area contributed by atoms with Crippen LogP contribution in [0.2, 0.25) is 0 Å². The van der Waals surface area contributed by atoms with Crippen LogP contribution in [0, 0.1) is 0 Å². The molecule has 0 heterocycles. The van der Waals surface area contributed by atoms with Crippen LogP contribution in [-0.4, -0.2) is 37.2 Å². The third kappa shape index (κ3) is 68.0. The molecule has 0 saturated heterocycles. The number of carbonyl (C=O) groups is 3. The van der Waals surface area contributed by atoms with Crippen LogP contribution >= 0.6 is 0 Å². The summed E-state index contributed by atoms with van der Waals surface area (Å²) in [6.07, 6.45) is 88.4. The van der Waals surface area contributed by atoms with Crippen molar-refractivity contribution in [3.63, 3.8) is 0 Å². The Kier molecular flexibility index (Phi) is 67.6. The third-order valence-corrected chi connectivity index (χ3v) is 16.3. The molecule has 0 aliphatic heterocycles. The highest BCUT2D eigenvalue weighted by Gasteiger charge is 2.19. The number of hydrogen-bond acceptors (Lipinski definition) is 6. The average Bonchev–Trinajstić information content (AvgIpc) is 3.47. The van der Waals surface area contributed by atoms with Gasteiger partial charge in [-0.3, -0.25) is 14.4 Å². The van der Waals surface area contributed by atoms with Gasteiger partial charge >= 0.3 is 17.9 Å². The van der Waals surface area contributed by atoms with Crippen LogP contribution in [0.25, 0.3) is 0 Å². The van der Waals surface area contributed by atoms with Gasteiger partial charge in [0.1, 0.15) is 13.2 Å². The van der Waals surface area contributed by atoms with E-state index in [1.54, 1.807) is 0 Å². The standard InChI is InChI=1S/C75H138O6/c1-4-7-10-13-16-19-22-25-28-31-34-36-37-39-41-44-47-50-53-56-59-62-65-68-74(77)80-71-72(70-79-73(76)67-64-61-58-55-52-49-46-43-40-33-30-27-24-21-18-15-12-9-6-3)81-75(78)69-66-63-60-57-54-51-48-45-42-38-35-32-29-26-23-20-17-14-11-8-5-2/h22,25,27,30-32,34-35,72H,4-21,23-24,26,28-29,33,36-71H2,1-3H3/b25-22-,30-27-,34-31-,35-32-. The third-order valence-electron chi connectivity index (χ3n) is 16.3. The molecule has 1 unspecified atom stereocenters. The minimum absolute atomic E-state index is 0.0723. The normalized spacial score (nSPS) is 12.3. The highest BCUT2D eigenvalue weighted by atomic mass is 16.6. The first-order valence-electron chi connectivity index (χ1n) is 36.1. The van der Waals surface area contributed by atoms with Crippen LogP contribution in [0.15, 0.2) is 48.6 Å². The Hall–Kier alpha value is -2.63. The molecule has 0 fully saturated rings. The van der Waals surface area contributed by atoms with Gasteiger partial charge in [-0.2, -0.15) is 0 Å². The van der Waals surface area contributed by atoms with Crippen LogP contribution in [0.5, 0.6) is 0 Å². The van der Waals surface area contributed by atoms with Gasteiger partial charge in [-0.25, -0.2) is 0 Å². The zero-order valence-corrected chi connectivity index (χ0v) is 54.6. The molecule has 474 valence electrons. The Morgan fingerprint density at radius 3 is 0.691 bits per heavy atom. The van der Waals surface area contributed by atoms with Crippen molar-refractivity contribution in [3.8, 4) is 0 Å². The molecule has 0 aliphatic carbocycles. The van der Waals surface area contributed by atoms with Gasteiger partial charge in [0.2, 0.25) is 0 Å². The molecule has 1 atom stereocenters. The molecule has 6 heteroatoms. The van der Waals surface area contributed by atoms with E-state index < -0.39 is 6.10 Å². The summed E-state index contributed by atoms with van der Waals surface area (Å²) in [6, 6.07) is 0. The average molecular weight is 1140 g/mol. The Balaban J connectivity index is 4.34.